The Bertz CT molecular complexity index is 163. The fourth-order valence-electron chi connectivity index (χ4n) is 0.424. The highest BCUT2D eigenvalue weighted by atomic mass is 14.5. The van der Waals surface area contributed by atoms with Crippen LogP contribution < -0.4 is 5.73 Å². The van der Waals surface area contributed by atoms with E-state index in [-0.39, 0.29) is 0 Å². The Morgan fingerprint density at radius 2 is 1.78 bits per heavy atom. The molecule has 0 spiro atoms. The molecule has 0 saturated carbocycles. The van der Waals surface area contributed by atoms with Gasteiger partial charge in [0.15, 0.2) is 0 Å². The fourth-order valence-corrected chi connectivity index (χ4v) is 0.424. The zero-order chi connectivity index (χ0) is 7.28. The molecule has 2 N–H and O–H groups in total. The van der Waals surface area contributed by atoms with E-state index in [4.69, 9.17) is 5.73 Å². The molecule has 48 valence electrons. The number of nitrogens with two attached hydrogens (primary N) is 1. The van der Waals surface area contributed by atoms with Gasteiger partial charge in [-0.25, -0.2) is 0 Å². The van der Waals surface area contributed by atoms with Gasteiger partial charge in [-0.1, -0.05) is 31.9 Å². The molecule has 0 aliphatic rings. The molecule has 9 heavy (non-hydrogen) atoms. The number of hydrogen-bond donors (Lipinski definition) is 1. The third kappa shape index (κ3) is 2.00. The summed E-state index contributed by atoms with van der Waals surface area (Å²) in [5.74, 6) is 0. The molecule has 0 aliphatic carbocycles. The maximum Gasteiger partial charge on any atom is 0.00171 e. The van der Waals surface area contributed by atoms with Gasteiger partial charge in [0.25, 0.3) is 0 Å². The molecule has 0 bridgehead atoms. The Morgan fingerprint density at radius 3 is 1.89 bits per heavy atom. The molecule has 0 amide bonds. The lowest BCUT2D eigenvalue weighted by molar-refractivity contribution is 1.48. The summed E-state index contributed by atoms with van der Waals surface area (Å²) in [6, 6.07) is 0. The second-order valence-corrected chi connectivity index (χ2v) is 1.56. The van der Waals surface area contributed by atoms with E-state index in [9.17, 15) is 0 Å². The van der Waals surface area contributed by atoms with E-state index in [0.717, 1.165) is 11.1 Å². The molecule has 0 aliphatic heterocycles. The molecule has 0 unspecified atom stereocenters. The van der Waals surface area contributed by atoms with Crippen molar-refractivity contribution in [3.63, 3.8) is 0 Å². The zero-order valence-electron chi connectivity index (χ0n) is 5.43. The van der Waals surface area contributed by atoms with E-state index in [2.05, 4.69) is 19.7 Å². The largest absolute Gasteiger partial charge is 0.404 e. The summed E-state index contributed by atoms with van der Waals surface area (Å²) < 4.78 is 0. The van der Waals surface area contributed by atoms with Crippen LogP contribution in [0.3, 0.4) is 0 Å². The van der Waals surface area contributed by atoms with Gasteiger partial charge in [0.2, 0.25) is 0 Å². The molecule has 0 aromatic carbocycles. The predicted molar refractivity (Wildman–Crippen MR) is 41.8 cm³/mol. The van der Waals surface area contributed by atoms with E-state index in [1.54, 1.807) is 12.2 Å². The molecule has 0 aromatic rings. The molecule has 0 saturated heterocycles. The van der Waals surface area contributed by atoms with Crippen LogP contribution in [0.4, 0.5) is 0 Å². The quantitative estimate of drug-likeness (QED) is 0.566. The minimum Gasteiger partial charge on any atom is -0.404 e. The summed E-state index contributed by atoms with van der Waals surface area (Å²) in [4.78, 5) is 0. The molecule has 0 radical (unpaired) electrons. The fraction of sp³-hybridized carbons (Fsp3) is 0. The van der Waals surface area contributed by atoms with Crippen LogP contribution in [0.5, 0.6) is 0 Å². The SMILES string of the molecule is C=CC(=C)/C(C=C)=C/N. The molecule has 0 aromatic heterocycles. The van der Waals surface area contributed by atoms with E-state index in [1.807, 2.05) is 0 Å². The Labute approximate surface area is 55.9 Å². The van der Waals surface area contributed by atoms with Crippen molar-refractivity contribution in [2.75, 3.05) is 0 Å². The van der Waals surface area contributed by atoms with Crippen molar-refractivity contribution in [2.24, 2.45) is 5.73 Å². The standard InChI is InChI=1S/C8H11N/c1-4-7(3)8(5-2)6-9/h4-6H,1-3,9H2/b8-6+. The Kier molecular flexibility index (Phi) is 3.21. The monoisotopic (exact) mass is 121 g/mol. The lowest BCUT2D eigenvalue weighted by Crippen LogP contribution is -1.86. The van der Waals surface area contributed by atoms with Crippen molar-refractivity contribution in [1.29, 1.82) is 0 Å². The summed E-state index contributed by atoms with van der Waals surface area (Å²) in [5.41, 5.74) is 6.84. The van der Waals surface area contributed by atoms with Gasteiger partial charge >= 0.3 is 0 Å². The molecular weight excluding hydrogens is 110 g/mol. The van der Waals surface area contributed by atoms with Gasteiger partial charge in [-0.05, 0) is 11.1 Å². The van der Waals surface area contributed by atoms with Crippen LogP contribution in [0.2, 0.25) is 0 Å². The van der Waals surface area contributed by atoms with Crippen LogP contribution in [0, 0.1) is 0 Å². The van der Waals surface area contributed by atoms with Crippen molar-refractivity contribution in [2.45, 2.75) is 0 Å². The second kappa shape index (κ2) is 3.72. The average molecular weight is 121 g/mol. The van der Waals surface area contributed by atoms with Crippen molar-refractivity contribution in [3.05, 3.63) is 49.2 Å². The Balaban J connectivity index is 4.31. The average Bonchev–Trinajstić information content (AvgIpc) is 1.90. The first-order chi connectivity index (χ1) is 4.26. The molecule has 1 nitrogen and oxygen atoms in total. The van der Waals surface area contributed by atoms with Crippen molar-refractivity contribution in [1.82, 2.24) is 0 Å². The maximum absolute atomic E-state index is 5.22. The lowest BCUT2D eigenvalue weighted by atomic mass is 10.1. The van der Waals surface area contributed by atoms with Crippen LogP contribution in [-0.4, -0.2) is 0 Å². The number of hydrogen-bond acceptors (Lipinski definition) is 1. The third-order valence-electron chi connectivity index (χ3n) is 1.02. The van der Waals surface area contributed by atoms with E-state index >= 15 is 0 Å². The van der Waals surface area contributed by atoms with Gasteiger partial charge in [0, 0.05) is 6.20 Å². The van der Waals surface area contributed by atoms with E-state index in [1.165, 1.54) is 6.20 Å². The molecule has 0 rings (SSSR count). The first-order valence-corrected chi connectivity index (χ1v) is 2.62. The summed E-state index contributed by atoms with van der Waals surface area (Å²) in [6.07, 6.45) is 4.74. The van der Waals surface area contributed by atoms with E-state index < -0.39 is 0 Å². The van der Waals surface area contributed by atoms with Crippen LogP contribution in [0.25, 0.3) is 0 Å². The van der Waals surface area contributed by atoms with Gasteiger partial charge in [0.1, 0.15) is 0 Å². The first kappa shape index (κ1) is 7.76. The smallest absolute Gasteiger partial charge is 0.00171 e. The second-order valence-electron chi connectivity index (χ2n) is 1.56. The van der Waals surface area contributed by atoms with Gasteiger partial charge in [-0.2, -0.15) is 0 Å². The zero-order valence-corrected chi connectivity index (χ0v) is 5.43. The number of allylic oxidation sites excluding steroid dienone is 4. The summed E-state index contributed by atoms with van der Waals surface area (Å²) in [6.45, 7) is 10.8. The third-order valence-corrected chi connectivity index (χ3v) is 1.02. The van der Waals surface area contributed by atoms with Crippen LogP contribution in [0.15, 0.2) is 49.2 Å². The Hall–Kier alpha value is -1.24. The highest BCUT2D eigenvalue weighted by molar-refractivity contribution is 5.42. The van der Waals surface area contributed by atoms with Crippen molar-refractivity contribution in [3.8, 4) is 0 Å². The summed E-state index contributed by atoms with van der Waals surface area (Å²) >= 11 is 0. The van der Waals surface area contributed by atoms with E-state index in [0.29, 0.717) is 0 Å². The van der Waals surface area contributed by atoms with Crippen molar-refractivity contribution < 1.29 is 0 Å². The summed E-state index contributed by atoms with van der Waals surface area (Å²) in [7, 11) is 0. The van der Waals surface area contributed by atoms with Crippen LogP contribution in [-0.2, 0) is 0 Å². The lowest BCUT2D eigenvalue weighted by Gasteiger charge is -1.95. The van der Waals surface area contributed by atoms with Crippen LogP contribution in [0.1, 0.15) is 0 Å². The highest BCUT2D eigenvalue weighted by Gasteiger charge is 1.88. The normalized spacial score (nSPS) is 10.4. The molecule has 0 fully saturated rings. The summed E-state index contributed by atoms with van der Waals surface area (Å²) in [5, 5.41) is 0. The van der Waals surface area contributed by atoms with Gasteiger partial charge in [-0.15, -0.1) is 0 Å². The van der Waals surface area contributed by atoms with Gasteiger partial charge < -0.3 is 5.73 Å². The van der Waals surface area contributed by atoms with Crippen molar-refractivity contribution >= 4 is 0 Å². The molecule has 1 heteroatoms. The first-order valence-electron chi connectivity index (χ1n) is 2.62. The molecule has 0 heterocycles. The topological polar surface area (TPSA) is 26.0 Å². The van der Waals surface area contributed by atoms with Gasteiger partial charge in [-0.3, -0.25) is 0 Å². The highest BCUT2D eigenvalue weighted by Crippen LogP contribution is 2.06. The minimum atomic E-state index is 0.799. The molecule has 0 atom stereocenters. The molecular formula is C8H11N. The van der Waals surface area contributed by atoms with Gasteiger partial charge in [0.05, 0.1) is 0 Å². The predicted octanol–water partition coefficient (Wildman–Crippen LogP) is 1.76. The van der Waals surface area contributed by atoms with Crippen LogP contribution >= 0.6 is 0 Å². The number of rotatable bonds is 3. The minimum absolute atomic E-state index is 0.799. The maximum atomic E-state index is 5.22. The Morgan fingerprint density at radius 1 is 1.22 bits per heavy atom.